The molecule has 0 aliphatic carbocycles. The molecule has 0 saturated heterocycles. The molecule has 4 heteroatoms. The molecule has 0 aliphatic rings. The van der Waals surface area contributed by atoms with Gasteiger partial charge in [-0.05, 0) is 25.1 Å². The molecule has 1 heterocycles. The summed E-state index contributed by atoms with van der Waals surface area (Å²) in [6.45, 7) is 0.799. The Hall–Kier alpha value is -0.480. The molecule has 0 aliphatic heterocycles. The maximum Gasteiger partial charge on any atom is 0.0625 e. The lowest BCUT2D eigenvalue weighted by molar-refractivity contribution is 0.766. The van der Waals surface area contributed by atoms with Gasteiger partial charge in [-0.15, -0.1) is 11.8 Å². The third-order valence-electron chi connectivity index (χ3n) is 1.55. The highest BCUT2D eigenvalue weighted by atomic mass is 32.2. The van der Waals surface area contributed by atoms with Crippen LogP contribution in [-0.2, 0) is 7.05 Å². The maximum absolute atomic E-state index is 5.39. The van der Waals surface area contributed by atoms with E-state index in [1.807, 2.05) is 35.9 Å². The lowest BCUT2D eigenvalue weighted by atomic mass is 10.3. The predicted octanol–water partition coefficient (Wildman–Crippen LogP) is 1.25. The number of nitrogens with zero attached hydrogens (tertiary/aromatic N) is 2. The summed E-state index contributed by atoms with van der Waals surface area (Å²) in [6.07, 6.45) is 6.24. The molecule has 0 fully saturated rings. The van der Waals surface area contributed by atoms with Crippen molar-refractivity contribution in [1.82, 2.24) is 9.78 Å². The van der Waals surface area contributed by atoms with Crippen molar-refractivity contribution in [1.29, 1.82) is 0 Å². The molecule has 0 aromatic carbocycles. The molecule has 0 radical (unpaired) electrons. The molecule has 0 spiro atoms. The summed E-state index contributed by atoms with van der Waals surface area (Å²) in [7, 11) is 1.93. The van der Waals surface area contributed by atoms with Gasteiger partial charge in [0.15, 0.2) is 0 Å². The van der Waals surface area contributed by atoms with Crippen LogP contribution in [0.5, 0.6) is 0 Å². The molecule has 0 atom stereocenters. The lowest BCUT2D eigenvalue weighted by Gasteiger charge is -1.95. The number of aromatic nitrogens is 2. The monoisotopic (exact) mass is 185 g/mol. The van der Waals surface area contributed by atoms with Crippen molar-refractivity contribution in [2.24, 2.45) is 12.8 Å². The van der Waals surface area contributed by atoms with E-state index in [2.05, 4.69) is 5.10 Å². The predicted molar refractivity (Wildman–Crippen MR) is 52.2 cm³/mol. The van der Waals surface area contributed by atoms with Crippen molar-refractivity contribution < 1.29 is 0 Å². The van der Waals surface area contributed by atoms with Gasteiger partial charge in [0.2, 0.25) is 0 Å². The average Bonchev–Trinajstić information content (AvgIpc) is 2.45. The molecule has 68 valence electrons. The Morgan fingerprint density at radius 2 is 2.42 bits per heavy atom. The first-order valence-corrected chi connectivity index (χ1v) is 5.13. The Balaban J connectivity index is 2.15. The Labute approximate surface area is 77.3 Å². The van der Waals surface area contributed by atoms with Crippen molar-refractivity contribution in [2.75, 3.05) is 12.3 Å². The minimum Gasteiger partial charge on any atom is -0.330 e. The molecule has 1 rings (SSSR count). The fourth-order valence-corrected chi connectivity index (χ4v) is 1.84. The summed E-state index contributed by atoms with van der Waals surface area (Å²) in [5.74, 6) is 1.14. The summed E-state index contributed by atoms with van der Waals surface area (Å²) >= 11 is 1.84. The Morgan fingerprint density at radius 1 is 1.58 bits per heavy atom. The molecule has 1 aromatic heterocycles. The standard InChI is InChI=1S/C8H15N3S/c1-11-7-8(6-10-11)12-5-3-2-4-9/h6-7H,2-5,9H2,1H3. The highest BCUT2D eigenvalue weighted by molar-refractivity contribution is 7.99. The quantitative estimate of drug-likeness (QED) is 0.554. The van der Waals surface area contributed by atoms with Gasteiger partial charge in [-0.2, -0.15) is 5.10 Å². The van der Waals surface area contributed by atoms with Crippen LogP contribution in [0.4, 0.5) is 0 Å². The lowest BCUT2D eigenvalue weighted by Crippen LogP contribution is -1.98. The van der Waals surface area contributed by atoms with Gasteiger partial charge in [0, 0.05) is 18.1 Å². The first-order chi connectivity index (χ1) is 5.83. The average molecular weight is 185 g/mol. The van der Waals surface area contributed by atoms with E-state index in [4.69, 9.17) is 5.73 Å². The third-order valence-corrected chi connectivity index (χ3v) is 2.59. The van der Waals surface area contributed by atoms with Crippen LogP contribution in [0.1, 0.15) is 12.8 Å². The molecule has 0 unspecified atom stereocenters. The number of nitrogens with two attached hydrogens (primary N) is 1. The molecule has 0 amide bonds. The van der Waals surface area contributed by atoms with Gasteiger partial charge in [0.1, 0.15) is 0 Å². The van der Waals surface area contributed by atoms with E-state index in [0.29, 0.717) is 0 Å². The topological polar surface area (TPSA) is 43.8 Å². The van der Waals surface area contributed by atoms with Crippen LogP contribution < -0.4 is 5.73 Å². The van der Waals surface area contributed by atoms with Crippen molar-refractivity contribution in [3.63, 3.8) is 0 Å². The Kier molecular flexibility index (Phi) is 4.18. The van der Waals surface area contributed by atoms with Gasteiger partial charge < -0.3 is 5.73 Å². The Morgan fingerprint density at radius 3 is 3.00 bits per heavy atom. The van der Waals surface area contributed by atoms with Crippen LogP contribution in [0.3, 0.4) is 0 Å². The number of unbranched alkanes of at least 4 members (excludes halogenated alkanes) is 1. The number of hydrogen-bond acceptors (Lipinski definition) is 3. The van der Waals surface area contributed by atoms with Gasteiger partial charge in [0.25, 0.3) is 0 Å². The Bertz CT molecular complexity index is 222. The fraction of sp³-hybridized carbons (Fsp3) is 0.625. The second kappa shape index (κ2) is 5.22. The number of hydrogen-bond donors (Lipinski definition) is 1. The van der Waals surface area contributed by atoms with Crippen LogP contribution in [0.25, 0.3) is 0 Å². The van der Waals surface area contributed by atoms with Crippen molar-refractivity contribution in [3.05, 3.63) is 12.4 Å². The highest BCUT2D eigenvalue weighted by Gasteiger charge is 1.95. The van der Waals surface area contributed by atoms with Gasteiger partial charge in [-0.1, -0.05) is 0 Å². The molecular weight excluding hydrogens is 170 g/mol. The van der Waals surface area contributed by atoms with E-state index in [9.17, 15) is 0 Å². The highest BCUT2D eigenvalue weighted by Crippen LogP contribution is 2.17. The zero-order valence-corrected chi connectivity index (χ0v) is 8.18. The van der Waals surface area contributed by atoms with Crippen molar-refractivity contribution in [3.8, 4) is 0 Å². The van der Waals surface area contributed by atoms with Crippen LogP contribution in [0.15, 0.2) is 17.3 Å². The zero-order valence-electron chi connectivity index (χ0n) is 7.36. The number of thioether (sulfide) groups is 1. The molecule has 2 N–H and O–H groups in total. The molecule has 1 aromatic rings. The SMILES string of the molecule is Cn1cc(SCCCCN)cn1. The van der Waals surface area contributed by atoms with E-state index in [0.717, 1.165) is 18.7 Å². The van der Waals surface area contributed by atoms with Gasteiger partial charge >= 0.3 is 0 Å². The second-order valence-electron chi connectivity index (χ2n) is 2.69. The van der Waals surface area contributed by atoms with Crippen LogP contribution >= 0.6 is 11.8 Å². The van der Waals surface area contributed by atoms with Gasteiger partial charge in [0.05, 0.1) is 6.20 Å². The van der Waals surface area contributed by atoms with E-state index < -0.39 is 0 Å². The minimum atomic E-state index is 0.799. The number of aryl methyl sites for hydroxylation is 1. The van der Waals surface area contributed by atoms with E-state index in [1.54, 1.807) is 0 Å². The molecule has 3 nitrogen and oxygen atoms in total. The van der Waals surface area contributed by atoms with Crippen LogP contribution in [0.2, 0.25) is 0 Å². The normalized spacial score (nSPS) is 10.5. The van der Waals surface area contributed by atoms with E-state index in [1.165, 1.54) is 11.3 Å². The molecular formula is C8H15N3S. The first kappa shape index (κ1) is 9.61. The number of rotatable bonds is 5. The minimum absolute atomic E-state index is 0.799. The van der Waals surface area contributed by atoms with Gasteiger partial charge in [-0.3, -0.25) is 4.68 Å². The van der Waals surface area contributed by atoms with Crippen LogP contribution in [-0.4, -0.2) is 22.1 Å². The van der Waals surface area contributed by atoms with Crippen LogP contribution in [0, 0.1) is 0 Å². The maximum atomic E-state index is 5.39. The summed E-state index contributed by atoms with van der Waals surface area (Å²) in [6, 6.07) is 0. The third kappa shape index (κ3) is 3.28. The van der Waals surface area contributed by atoms with E-state index >= 15 is 0 Å². The zero-order chi connectivity index (χ0) is 8.81. The largest absolute Gasteiger partial charge is 0.330 e. The van der Waals surface area contributed by atoms with E-state index in [-0.39, 0.29) is 0 Å². The fourth-order valence-electron chi connectivity index (χ4n) is 0.910. The van der Waals surface area contributed by atoms with Crippen molar-refractivity contribution in [2.45, 2.75) is 17.7 Å². The summed E-state index contributed by atoms with van der Waals surface area (Å²) in [5, 5.41) is 4.09. The van der Waals surface area contributed by atoms with Gasteiger partial charge in [-0.25, -0.2) is 0 Å². The summed E-state index contributed by atoms with van der Waals surface area (Å²) in [4.78, 5) is 1.24. The summed E-state index contributed by atoms with van der Waals surface area (Å²) < 4.78 is 1.82. The molecule has 12 heavy (non-hydrogen) atoms. The smallest absolute Gasteiger partial charge is 0.0625 e. The second-order valence-corrected chi connectivity index (χ2v) is 3.86. The first-order valence-electron chi connectivity index (χ1n) is 4.14. The summed E-state index contributed by atoms with van der Waals surface area (Å²) in [5.41, 5.74) is 5.39. The molecule has 0 bridgehead atoms. The molecule has 0 saturated carbocycles. The van der Waals surface area contributed by atoms with Crippen molar-refractivity contribution >= 4 is 11.8 Å².